The molecular formula is C13H20N4O4. The van der Waals surface area contributed by atoms with E-state index in [1.807, 2.05) is 11.5 Å². The second kappa shape index (κ2) is 6.57. The van der Waals surface area contributed by atoms with Crippen molar-refractivity contribution in [3.8, 4) is 0 Å². The minimum Gasteiger partial charge on any atom is -0.480 e. The molecule has 0 aromatic carbocycles. The lowest BCUT2D eigenvalue weighted by Gasteiger charge is -2.34. The molecule has 2 heterocycles. The van der Waals surface area contributed by atoms with Crippen molar-refractivity contribution in [1.29, 1.82) is 0 Å². The SMILES string of the molecule is CC(Cn1ccnc1)NC(=O)NC1(C(=O)O)CCOCC1. The first-order valence-electron chi connectivity index (χ1n) is 6.87. The molecule has 0 bridgehead atoms. The van der Waals surface area contributed by atoms with E-state index >= 15 is 0 Å². The van der Waals surface area contributed by atoms with E-state index in [2.05, 4.69) is 15.6 Å². The van der Waals surface area contributed by atoms with Crippen molar-refractivity contribution >= 4 is 12.0 Å². The molecule has 1 aromatic heterocycles. The second-order valence-corrected chi connectivity index (χ2v) is 5.26. The Labute approximate surface area is 122 Å². The molecule has 2 amide bonds. The zero-order chi connectivity index (χ0) is 15.3. The molecule has 0 radical (unpaired) electrons. The van der Waals surface area contributed by atoms with E-state index in [0.29, 0.717) is 19.8 Å². The predicted octanol–water partition coefficient (Wildman–Crippen LogP) is 0.205. The van der Waals surface area contributed by atoms with E-state index in [1.54, 1.807) is 18.7 Å². The summed E-state index contributed by atoms with van der Waals surface area (Å²) in [6, 6.07) is -0.628. The van der Waals surface area contributed by atoms with E-state index in [9.17, 15) is 14.7 Å². The number of carboxylic acid groups (broad SMARTS) is 1. The molecular weight excluding hydrogens is 276 g/mol. The Balaban J connectivity index is 1.88. The van der Waals surface area contributed by atoms with Crippen LogP contribution in [-0.2, 0) is 16.1 Å². The first-order chi connectivity index (χ1) is 10.0. The number of aromatic nitrogens is 2. The topological polar surface area (TPSA) is 105 Å². The number of ether oxygens (including phenoxy) is 1. The van der Waals surface area contributed by atoms with Crippen molar-refractivity contribution in [1.82, 2.24) is 20.2 Å². The number of carbonyl (C=O) groups is 2. The average Bonchev–Trinajstić information content (AvgIpc) is 2.92. The maximum atomic E-state index is 12.0. The monoisotopic (exact) mass is 296 g/mol. The van der Waals surface area contributed by atoms with Gasteiger partial charge in [0, 0.05) is 51.0 Å². The van der Waals surface area contributed by atoms with Crippen LogP contribution in [0.15, 0.2) is 18.7 Å². The van der Waals surface area contributed by atoms with Gasteiger partial charge in [-0.25, -0.2) is 14.6 Å². The zero-order valence-corrected chi connectivity index (χ0v) is 11.9. The summed E-state index contributed by atoms with van der Waals surface area (Å²) in [5, 5.41) is 14.7. The Bertz CT molecular complexity index is 482. The number of nitrogens with zero attached hydrogens (tertiary/aromatic N) is 2. The van der Waals surface area contributed by atoms with Crippen LogP contribution in [-0.4, -0.2) is 51.5 Å². The van der Waals surface area contributed by atoms with Gasteiger partial charge in [0.1, 0.15) is 5.54 Å². The van der Waals surface area contributed by atoms with Crippen LogP contribution in [0, 0.1) is 0 Å². The Morgan fingerprint density at radius 3 is 2.76 bits per heavy atom. The highest BCUT2D eigenvalue weighted by Crippen LogP contribution is 2.20. The fraction of sp³-hybridized carbons (Fsp3) is 0.615. The lowest BCUT2D eigenvalue weighted by atomic mass is 9.90. The van der Waals surface area contributed by atoms with Crippen molar-refractivity contribution in [3.05, 3.63) is 18.7 Å². The number of urea groups is 1. The average molecular weight is 296 g/mol. The molecule has 8 nitrogen and oxygen atoms in total. The lowest BCUT2D eigenvalue weighted by Crippen LogP contribution is -2.60. The molecule has 1 fully saturated rings. The van der Waals surface area contributed by atoms with Gasteiger partial charge in [-0.05, 0) is 6.92 Å². The summed E-state index contributed by atoms with van der Waals surface area (Å²) in [5.74, 6) is -1.02. The fourth-order valence-corrected chi connectivity index (χ4v) is 2.35. The highest BCUT2D eigenvalue weighted by Gasteiger charge is 2.41. The molecule has 1 aromatic rings. The smallest absolute Gasteiger partial charge is 0.329 e. The number of rotatable bonds is 5. The van der Waals surface area contributed by atoms with Crippen LogP contribution < -0.4 is 10.6 Å². The largest absolute Gasteiger partial charge is 0.480 e. The van der Waals surface area contributed by atoms with Gasteiger partial charge in [0.15, 0.2) is 0 Å². The third kappa shape index (κ3) is 3.94. The van der Waals surface area contributed by atoms with Crippen LogP contribution >= 0.6 is 0 Å². The van der Waals surface area contributed by atoms with Crippen LogP contribution in [0.4, 0.5) is 4.79 Å². The molecule has 1 aliphatic heterocycles. The Morgan fingerprint density at radius 2 is 2.19 bits per heavy atom. The first-order valence-corrected chi connectivity index (χ1v) is 6.87. The number of aliphatic carboxylic acids is 1. The number of hydrogen-bond acceptors (Lipinski definition) is 4. The number of carbonyl (C=O) groups excluding carboxylic acids is 1. The van der Waals surface area contributed by atoms with Gasteiger partial charge in [-0.1, -0.05) is 0 Å². The molecule has 8 heteroatoms. The molecule has 0 spiro atoms. The Morgan fingerprint density at radius 1 is 1.48 bits per heavy atom. The van der Waals surface area contributed by atoms with Crippen molar-refractivity contribution in [2.45, 2.75) is 37.9 Å². The molecule has 3 N–H and O–H groups in total. The van der Waals surface area contributed by atoms with Gasteiger partial charge < -0.3 is 25.0 Å². The molecule has 1 atom stereocenters. The van der Waals surface area contributed by atoms with Crippen molar-refractivity contribution in [2.75, 3.05) is 13.2 Å². The van der Waals surface area contributed by atoms with Crippen LogP contribution in [0.25, 0.3) is 0 Å². The number of nitrogens with one attached hydrogen (secondary N) is 2. The summed E-state index contributed by atoms with van der Waals surface area (Å²) in [4.78, 5) is 27.4. The minimum absolute atomic E-state index is 0.148. The van der Waals surface area contributed by atoms with E-state index in [-0.39, 0.29) is 18.9 Å². The summed E-state index contributed by atoms with van der Waals surface area (Å²) in [7, 11) is 0. The van der Waals surface area contributed by atoms with Gasteiger partial charge in [0.2, 0.25) is 0 Å². The first kappa shape index (κ1) is 15.3. The van der Waals surface area contributed by atoms with Crippen LogP contribution in [0.5, 0.6) is 0 Å². The quantitative estimate of drug-likeness (QED) is 0.720. The van der Waals surface area contributed by atoms with Gasteiger partial charge in [0.25, 0.3) is 0 Å². The normalized spacial score (nSPS) is 18.7. The molecule has 116 valence electrons. The van der Waals surface area contributed by atoms with Crippen LogP contribution in [0.1, 0.15) is 19.8 Å². The summed E-state index contributed by atoms with van der Waals surface area (Å²) in [6.07, 6.45) is 5.66. The van der Waals surface area contributed by atoms with Crippen molar-refractivity contribution in [2.24, 2.45) is 0 Å². The van der Waals surface area contributed by atoms with Crippen molar-refractivity contribution < 1.29 is 19.4 Å². The molecule has 21 heavy (non-hydrogen) atoms. The summed E-state index contributed by atoms with van der Waals surface area (Å²) in [5.41, 5.74) is -1.24. The summed E-state index contributed by atoms with van der Waals surface area (Å²) >= 11 is 0. The maximum absolute atomic E-state index is 12.0. The lowest BCUT2D eigenvalue weighted by molar-refractivity contribution is -0.148. The van der Waals surface area contributed by atoms with Crippen LogP contribution in [0.2, 0.25) is 0 Å². The van der Waals surface area contributed by atoms with Crippen molar-refractivity contribution in [3.63, 3.8) is 0 Å². The minimum atomic E-state index is -1.24. The summed E-state index contributed by atoms with van der Waals surface area (Å²) in [6.45, 7) is 3.07. The molecule has 2 rings (SSSR count). The maximum Gasteiger partial charge on any atom is 0.329 e. The third-order valence-electron chi connectivity index (χ3n) is 3.53. The van der Waals surface area contributed by atoms with Gasteiger partial charge >= 0.3 is 12.0 Å². The highest BCUT2D eigenvalue weighted by atomic mass is 16.5. The molecule has 0 saturated carbocycles. The molecule has 1 unspecified atom stereocenters. The fourth-order valence-electron chi connectivity index (χ4n) is 2.35. The van der Waals surface area contributed by atoms with E-state index in [1.165, 1.54) is 0 Å². The highest BCUT2D eigenvalue weighted by molar-refractivity contribution is 5.86. The van der Waals surface area contributed by atoms with E-state index in [0.717, 1.165) is 0 Å². The van der Waals surface area contributed by atoms with Gasteiger partial charge in [-0.15, -0.1) is 0 Å². The van der Waals surface area contributed by atoms with E-state index in [4.69, 9.17) is 4.74 Å². The molecule has 0 aliphatic carbocycles. The van der Waals surface area contributed by atoms with Crippen LogP contribution in [0.3, 0.4) is 0 Å². The number of hydrogen-bond donors (Lipinski definition) is 3. The number of amides is 2. The number of imidazole rings is 1. The van der Waals surface area contributed by atoms with Gasteiger partial charge in [-0.3, -0.25) is 0 Å². The Kier molecular flexibility index (Phi) is 4.79. The van der Waals surface area contributed by atoms with Gasteiger partial charge in [-0.2, -0.15) is 0 Å². The second-order valence-electron chi connectivity index (χ2n) is 5.26. The molecule has 1 saturated heterocycles. The van der Waals surface area contributed by atoms with Gasteiger partial charge in [0.05, 0.1) is 6.33 Å². The summed E-state index contributed by atoms with van der Waals surface area (Å²) < 4.78 is 7.00. The Hall–Kier alpha value is -2.09. The molecule has 1 aliphatic rings. The third-order valence-corrected chi connectivity index (χ3v) is 3.53. The van der Waals surface area contributed by atoms with E-state index < -0.39 is 17.5 Å². The standard InChI is InChI=1S/C13H20N4O4/c1-10(8-17-5-4-14-9-17)15-12(20)16-13(11(18)19)2-6-21-7-3-13/h4-5,9-10H,2-3,6-8H2,1H3,(H,18,19)(H2,15,16,20). The number of carboxylic acids is 1. The zero-order valence-electron chi connectivity index (χ0n) is 11.9. The predicted molar refractivity (Wildman–Crippen MR) is 73.8 cm³/mol.